The summed E-state index contributed by atoms with van der Waals surface area (Å²) in [6, 6.07) is 6.82. The van der Waals surface area contributed by atoms with Crippen molar-refractivity contribution in [1.29, 1.82) is 0 Å². The number of amides is 3. The highest BCUT2D eigenvalue weighted by Crippen LogP contribution is 2.41. The summed E-state index contributed by atoms with van der Waals surface area (Å²) in [5, 5.41) is 7.98. The van der Waals surface area contributed by atoms with Gasteiger partial charge in [0.2, 0.25) is 0 Å². The summed E-state index contributed by atoms with van der Waals surface area (Å²) in [7, 11) is 3.24. The maximum atomic E-state index is 13.9. The first-order valence-electron chi connectivity index (χ1n) is 12.4. The molecule has 4 aromatic rings. The highest BCUT2D eigenvalue weighted by Gasteiger charge is 2.46. The van der Waals surface area contributed by atoms with E-state index in [4.69, 9.17) is 5.73 Å². The number of nitrogens with zero attached hydrogens (tertiary/aromatic N) is 7. The summed E-state index contributed by atoms with van der Waals surface area (Å²) in [4.78, 5) is 37.4. The Labute approximate surface area is 220 Å². The van der Waals surface area contributed by atoms with Crippen molar-refractivity contribution >= 4 is 39.6 Å². The van der Waals surface area contributed by atoms with Gasteiger partial charge in [0, 0.05) is 43.8 Å². The van der Waals surface area contributed by atoms with Gasteiger partial charge in [-0.05, 0) is 49.1 Å². The van der Waals surface area contributed by atoms with E-state index in [1.807, 2.05) is 0 Å². The van der Waals surface area contributed by atoms with E-state index in [1.54, 1.807) is 41.0 Å². The molecule has 3 fully saturated rings. The van der Waals surface area contributed by atoms with Gasteiger partial charge in [-0.1, -0.05) is 0 Å². The lowest BCUT2D eigenvalue weighted by atomic mass is 9.86. The first-order valence-corrected chi connectivity index (χ1v) is 12.4. The molecule has 10 nitrogen and oxygen atoms in total. The summed E-state index contributed by atoms with van der Waals surface area (Å²) in [5.74, 6) is 0.261. The second-order valence-electron chi connectivity index (χ2n) is 10.1. The number of hydrogen-bond donors (Lipinski definition) is 1. The van der Waals surface area contributed by atoms with E-state index in [0.29, 0.717) is 40.1 Å². The summed E-state index contributed by atoms with van der Waals surface area (Å²) in [6.45, 7) is 0.413. The molecule has 0 radical (unpaired) electrons. The largest absolute Gasteiger partial charge is 0.417 e. The van der Waals surface area contributed by atoms with Gasteiger partial charge in [-0.25, -0.2) is 19.8 Å². The predicted octanol–water partition coefficient (Wildman–Crippen LogP) is 3.82. The van der Waals surface area contributed by atoms with Crippen LogP contribution in [0.4, 0.5) is 23.8 Å². The molecule has 1 aromatic carbocycles. The van der Waals surface area contributed by atoms with Crippen LogP contribution in [0.25, 0.3) is 21.8 Å². The number of halogens is 3. The van der Waals surface area contributed by atoms with Crippen LogP contribution in [0.1, 0.15) is 34.5 Å². The summed E-state index contributed by atoms with van der Waals surface area (Å²) in [6.07, 6.45) is -0.336. The third-order valence-corrected chi connectivity index (χ3v) is 7.64. The van der Waals surface area contributed by atoms with Crippen molar-refractivity contribution in [1.82, 2.24) is 34.7 Å². The van der Waals surface area contributed by atoms with Crippen LogP contribution in [-0.4, -0.2) is 66.2 Å². The fourth-order valence-electron chi connectivity index (χ4n) is 5.45. The summed E-state index contributed by atoms with van der Waals surface area (Å²) < 4.78 is 40.8. The van der Waals surface area contributed by atoms with Crippen LogP contribution in [0.3, 0.4) is 0 Å². The molecule has 202 valence electrons. The molecule has 0 spiro atoms. The number of carbonyl (C=O) groups excluding carboxylic acids is 2. The number of hydrogen-bond acceptors (Lipinski definition) is 6. The zero-order chi connectivity index (χ0) is 27.6. The summed E-state index contributed by atoms with van der Waals surface area (Å²) >= 11 is 0. The number of anilines is 1. The quantitative estimate of drug-likeness (QED) is 0.397. The Morgan fingerprint density at radius 2 is 1.90 bits per heavy atom. The van der Waals surface area contributed by atoms with Gasteiger partial charge in [0.15, 0.2) is 0 Å². The number of benzene rings is 1. The molecule has 1 aliphatic carbocycles. The summed E-state index contributed by atoms with van der Waals surface area (Å²) in [5.41, 5.74) is 6.91. The van der Waals surface area contributed by atoms with Crippen LogP contribution in [0, 0.1) is 5.92 Å². The molecule has 5 heterocycles. The number of alkyl halides is 3. The molecule has 3 aromatic heterocycles. The van der Waals surface area contributed by atoms with E-state index < -0.39 is 17.6 Å². The first-order chi connectivity index (χ1) is 18.5. The van der Waals surface area contributed by atoms with E-state index in [-0.39, 0.29) is 29.9 Å². The van der Waals surface area contributed by atoms with E-state index in [1.165, 1.54) is 23.1 Å². The van der Waals surface area contributed by atoms with Crippen molar-refractivity contribution < 1.29 is 22.8 Å². The van der Waals surface area contributed by atoms with Crippen molar-refractivity contribution in [2.24, 2.45) is 13.0 Å². The van der Waals surface area contributed by atoms with E-state index >= 15 is 0 Å². The molecule has 7 rings (SSSR count). The van der Waals surface area contributed by atoms with E-state index in [9.17, 15) is 22.8 Å². The Morgan fingerprint density at radius 1 is 1.13 bits per heavy atom. The number of nitrogen functional groups attached to an aromatic ring is 1. The van der Waals surface area contributed by atoms with Crippen LogP contribution in [0.2, 0.25) is 0 Å². The Kier molecular flexibility index (Phi) is 5.63. The maximum absolute atomic E-state index is 13.9. The smallest absolute Gasteiger partial charge is 0.383 e. The molecule has 0 atom stereocenters. The van der Waals surface area contributed by atoms with Crippen molar-refractivity contribution in [2.75, 3.05) is 19.3 Å². The topological polar surface area (TPSA) is 113 Å². The molecule has 0 unspecified atom stereocenters. The Balaban J connectivity index is 1.37. The molecule has 2 aliphatic heterocycles. The fourth-order valence-corrected chi connectivity index (χ4v) is 5.45. The van der Waals surface area contributed by atoms with Crippen LogP contribution in [0.5, 0.6) is 0 Å². The van der Waals surface area contributed by atoms with Gasteiger partial charge in [0.25, 0.3) is 5.91 Å². The number of aromatic nitrogens is 4. The number of urea groups is 1. The van der Waals surface area contributed by atoms with Crippen molar-refractivity contribution in [3.63, 3.8) is 0 Å². The minimum atomic E-state index is -4.54. The first kappa shape index (κ1) is 24.9. The monoisotopic (exact) mass is 538 g/mol. The van der Waals surface area contributed by atoms with Crippen molar-refractivity contribution in [3.05, 3.63) is 59.5 Å². The molecule has 2 N–H and O–H groups in total. The third kappa shape index (κ3) is 4.17. The predicted molar refractivity (Wildman–Crippen MR) is 136 cm³/mol. The van der Waals surface area contributed by atoms with Gasteiger partial charge in [-0.3, -0.25) is 14.5 Å². The minimum absolute atomic E-state index is 0.140. The zero-order valence-electron chi connectivity index (χ0n) is 21.2. The SMILES string of the molecule is CN(C(=O)N1CC2CC1C2)N(Cc1ccc(C(F)(F)F)cn1)C(=O)c1ccc2nc(N)c3cnn(C)c3c2c1. The van der Waals surface area contributed by atoms with Gasteiger partial charge < -0.3 is 10.6 Å². The third-order valence-electron chi connectivity index (χ3n) is 7.64. The number of carbonyl (C=O) groups is 2. The number of rotatable bonds is 3. The lowest BCUT2D eigenvalue weighted by Crippen LogP contribution is -2.52. The Bertz CT molecular complexity index is 1610. The number of pyridine rings is 2. The maximum Gasteiger partial charge on any atom is 0.417 e. The number of hydrazine groups is 1. The second-order valence-corrected chi connectivity index (χ2v) is 10.1. The number of fused-ring (bicyclic) bond motifs is 4. The Hall–Kier alpha value is -4.42. The standard InChI is InChI=1S/C26H25F3N8O2/c1-34-22-19-9-15(3-6-21(19)33-23(30)20(22)11-32-34)24(38)37(13-17-5-4-16(10-31-17)26(27,28)29)35(2)25(39)36-12-14-7-18(36)8-14/h3-6,9-11,14,18H,7-8,12-13H2,1-2H3,(H2,30,33). The van der Waals surface area contributed by atoms with Gasteiger partial charge in [0.05, 0.1) is 40.4 Å². The molecule has 3 amide bonds. The van der Waals surface area contributed by atoms with Crippen LogP contribution in [0.15, 0.2) is 42.7 Å². The van der Waals surface area contributed by atoms with E-state index in [2.05, 4.69) is 15.1 Å². The molecule has 3 aliphatic rings. The molecular weight excluding hydrogens is 513 g/mol. The van der Waals surface area contributed by atoms with Crippen LogP contribution >= 0.6 is 0 Å². The van der Waals surface area contributed by atoms with Crippen LogP contribution in [-0.2, 0) is 19.8 Å². The lowest BCUT2D eigenvalue weighted by molar-refractivity contribution is -0.137. The van der Waals surface area contributed by atoms with E-state index in [0.717, 1.165) is 25.1 Å². The molecule has 2 bridgehead atoms. The van der Waals surface area contributed by atoms with Gasteiger partial charge in [-0.2, -0.15) is 18.3 Å². The van der Waals surface area contributed by atoms with Gasteiger partial charge in [0.1, 0.15) is 5.82 Å². The van der Waals surface area contributed by atoms with Crippen molar-refractivity contribution in [2.45, 2.75) is 31.6 Å². The highest BCUT2D eigenvalue weighted by atomic mass is 19.4. The molecule has 1 saturated carbocycles. The minimum Gasteiger partial charge on any atom is -0.383 e. The number of aryl methyl sites for hydroxylation is 1. The molecule has 13 heteroatoms. The molecule has 39 heavy (non-hydrogen) atoms. The average Bonchev–Trinajstić information content (AvgIpc) is 3.61. The van der Waals surface area contributed by atoms with Gasteiger partial charge in [-0.15, -0.1) is 0 Å². The molecular formula is C26H25F3N8O2. The highest BCUT2D eigenvalue weighted by molar-refractivity contribution is 6.10. The van der Waals surface area contributed by atoms with Crippen molar-refractivity contribution in [3.8, 4) is 0 Å². The Morgan fingerprint density at radius 3 is 2.54 bits per heavy atom. The molecule has 2 saturated heterocycles. The lowest BCUT2D eigenvalue weighted by Gasteiger charge is -2.36. The fraction of sp³-hybridized carbons (Fsp3) is 0.346. The zero-order valence-corrected chi connectivity index (χ0v) is 21.2. The average molecular weight is 539 g/mol. The van der Waals surface area contributed by atoms with Crippen LogP contribution < -0.4 is 5.73 Å². The normalized spacial score (nSPS) is 18.4. The second kappa shape index (κ2) is 8.82. The van der Waals surface area contributed by atoms with Gasteiger partial charge >= 0.3 is 12.2 Å². The number of nitrogens with two attached hydrogens (primary N) is 1.